The molecule has 2 N–H and O–H groups in total. The Labute approximate surface area is 127 Å². The number of aryl methyl sites for hydroxylation is 1. The van der Waals surface area contributed by atoms with E-state index in [0.717, 1.165) is 11.1 Å². The summed E-state index contributed by atoms with van der Waals surface area (Å²) in [6, 6.07) is 5.69. The summed E-state index contributed by atoms with van der Waals surface area (Å²) >= 11 is 0. The number of benzene rings is 1. The lowest BCUT2D eigenvalue weighted by Gasteiger charge is -2.27. The Morgan fingerprint density at radius 1 is 1.43 bits per heavy atom. The van der Waals surface area contributed by atoms with Crippen LogP contribution in [0.5, 0.6) is 0 Å². The zero-order valence-corrected chi connectivity index (χ0v) is 13.3. The lowest BCUT2D eigenvalue weighted by molar-refractivity contribution is 0.0579. The molecule has 1 amide bonds. The van der Waals surface area contributed by atoms with Crippen LogP contribution in [0.1, 0.15) is 35.3 Å². The van der Waals surface area contributed by atoms with Crippen LogP contribution in [0.15, 0.2) is 18.2 Å². The fraction of sp³-hybridized carbons (Fsp3) is 0.471. The molecule has 21 heavy (non-hydrogen) atoms. The number of likely N-dealkylation sites (N-methyl/N-ethyl adjacent to an activating group) is 1. The minimum Gasteiger partial charge on any atom is -0.383 e. The van der Waals surface area contributed by atoms with E-state index in [1.165, 1.54) is 0 Å². The van der Waals surface area contributed by atoms with E-state index in [0.29, 0.717) is 25.3 Å². The molecule has 0 aromatic heterocycles. The minimum atomic E-state index is 0.00143. The number of hydrogen-bond acceptors (Lipinski definition) is 3. The summed E-state index contributed by atoms with van der Waals surface area (Å²) in [5.41, 5.74) is 7.88. The maximum absolute atomic E-state index is 12.7. The highest BCUT2D eigenvalue weighted by Crippen LogP contribution is 2.13. The second-order valence-electron chi connectivity index (χ2n) is 4.99. The first-order chi connectivity index (χ1) is 10.0. The topological polar surface area (TPSA) is 55.6 Å². The summed E-state index contributed by atoms with van der Waals surface area (Å²) in [7, 11) is 1.64. The van der Waals surface area contributed by atoms with Crippen molar-refractivity contribution in [1.82, 2.24) is 4.90 Å². The highest BCUT2D eigenvalue weighted by molar-refractivity contribution is 5.95. The number of carbonyl (C=O) groups excluding carboxylic acids is 1. The smallest absolute Gasteiger partial charge is 0.254 e. The van der Waals surface area contributed by atoms with Gasteiger partial charge in [0.1, 0.15) is 0 Å². The van der Waals surface area contributed by atoms with Crippen molar-refractivity contribution in [1.29, 1.82) is 0 Å². The van der Waals surface area contributed by atoms with Gasteiger partial charge >= 0.3 is 0 Å². The number of amides is 1. The molecule has 0 saturated carbocycles. The van der Waals surface area contributed by atoms with Crippen molar-refractivity contribution in [3.05, 3.63) is 34.9 Å². The molecule has 0 fully saturated rings. The first-order valence-electron chi connectivity index (χ1n) is 7.14. The standard InChI is InChI=1S/C17H24N2O2/c1-5-19(14(3)12-21-4)17(20)16-10-13(2)9-15(11-16)7-6-8-18/h9-11,14H,5,8,12,18H2,1-4H3. The number of ether oxygens (including phenoxy) is 1. The third-order valence-electron chi connectivity index (χ3n) is 3.20. The summed E-state index contributed by atoms with van der Waals surface area (Å²) in [5.74, 6) is 5.80. The number of nitrogens with two attached hydrogens (primary N) is 1. The Morgan fingerprint density at radius 3 is 2.71 bits per heavy atom. The van der Waals surface area contributed by atoms with Crippen molar-refractivity contribution in [2.45, 2.75) is 26.8 Å². The molecule has 0 aliphatic heterocycles. The predicted molar refractivity (Wildman–Crippen MR) is 85.2 cm³/mol. The molecular formula is C17H24N2O2. The average molecular weight is 288 g/mol. The monoisotopic (exact) mass is 288 g/mol. The third kappa shape index (κ3) is 4.89. The van der Waals surface area contributed by atoms with E-state index >= 15 is 0 Å². The highest BCUT2D eigenvalue weighted by Gasteiger charge is 2.20. The Balaban J connectivity index is 3.07. The number of methoxy groups -OCH3 is 1. The van der Waals surface area contributed by atoms with Gasteiger partial charge in [-0.15, -0.1) is 0 Å². The number of carbonyl (C=O) groups is 1. The number of nitrogens with zero attached hydrogens (tertiary/aromatic N) is 1. The summed E-state index contributed by atoms with van der Waals surface area (Å²) in [6.07, 6.45) is 0. The maximum Gasteiger partial charge on any atom is 0.254 e. The predicted octanol–water partition coefficient (Wildman–Crippen LogP) is 1.80. The quantitative estimate of drug-likeness (QED) is 0.841. The lowest BCUT2D eigenvalue weighted by atomic mass is 10.0. The molecule has 0 spiro atoms. The Morgan fingerprint density at radius 2 is 2.14 bits per heavy atom. The molecule has 0 aliphatic carbocycles. The summed E-state index contributed by atoms with van der Waals surface area (Å²) in [6.45, 7) is 7.37. The molecule has 1 aromatic carbocycles. The molecule has 0 radical (unpaired) electrons. The molecule has 1 atom stereocenters. The second kappa shape index (κ2) is 8.46. The summed E-state index contributed by atoms with van der Waals surface area (Å²) in [4.78, 5) is 14.5. The molecule has 0 heterocycles. The van der Waals surface area contributed by atoms with E-state index in [1.807, 2.05) is 39.0 Å². The molecule has 0 saturated heterocycles. The normalized spacial score (nSPS) is 11.5. The van der Waals surface area contributed by atoms with Gasteiger partial charge in [0.2, 0.25) is 0 Å². The summed E-state index contributed by atoms with van der Waals surface area (Å²) < 4.78 is 5.14. The van der Waals surface area contributed by atoms with Crippen LogP contribution in [-0.2, 0) is 4.74 Å². The van der Waals surface area contributed by atoms with E-state index in [1.54, 1.807) is 12.0 Å². The van der Waals surface area contributed by atoms with Crippen LogP contribution in [-0.4, -0.2) is 43.7 Å². The van der Waals surface area contributed by atoms with Crippen molar-refractivity contribution in [2.24, 2.45) is 5.73 Å². The molecular weight excluding hydrogens is 264 g/mol. The van der Waals surface area contributed by atoms with Crippen LogP contribution >= 0.6 is 0 Å². The van der Waals surface area contributed by atoms with Gasteiger partial charge in [0.15, 0.2) is 0 Å². The van der Waals surface area contributed by atoms with Crippen LogP contribution in [0, 0.1) is 18.8 Å². The van der Waals surface area contributed by atoms with Gasteiger partial charge in [0.05, 0.1) is 19.2 Å². The van der Waals surface area contributed by atoms with Crippen molar-refractivity contribution in [2.75, 3.05) is 26.8 Å². The van der Waals surface area contributed by atoms with Crippen LogP contribution in [0.4, 0.5) is 0 Å². The summed E-state index contributed by atoms with van der Waals surface area (Å²) in [5, 5.41) is 0. The molecule has 114 valence electrons. The maximum atomic E-state index is 12.7. The Kier molecular flexibility index (Phi) is 6.93. The zero-order chi connectivity index (χ0) is 15.8. The van der Waals surface area contributed by atoms with Crippen molar-refractivity contribution in [3.63, 3.8) is 0 Å². The van der Waals surface area contributed by atoms with Crippen molar-refractivity contribution >= 4 is 5.91 Å². The lowest BCUT2D eigenvalue weighted by Crippen LogP contribution is -2.41. The Hall–Kier alpha value is -1.83. The third-order valence-corrected chi connectivity index (χ3v) is 3.20. The average Bonchev–Trinajstić information content (AvgIpc) is 2.45. The first kappa shape index (κ1) is 17.2. The Bertz CT molecular complexity index is 543. The van der Waals surface area contributed by atoms with Gasteiger partial charge in [-0.3, -0.25) is 4.79 Å². The minimum absolute atomic E-state index is 0.00143. The SMILES string of the molecule is CCN(C(=O)c1cc(C)cc(C#CCN)c1)C(C)COC. The largest absolute Gasteiger partial charge is 0.383 e. The van der Waals surface area contributed by atoms with E-state index in [4.69, 9.17) is 10.5 Å². The van der Waals surface area contributed by atoms with Gasteiger partial charge in [-0.1, -0.05) is 11.8 Å². The van der Waals surface area contributed by atoms with Crippen LogP contribution in [0.25, 0.3) is 0 Å². The zero-order valence-electron chi connectivity index (χ0n) is 13.3. The molecule has 1 aromatic rings. The molecule has 4 heteroatoms. The molecule has 1 unspecified atom stereocenters. The van der Waals surface area contributed by atoms with Crippen LogP contribution in [0.2, 0.25) is 0 Å². The van der Waals surface area contributed by atoms with E-state index in [2.05, 4.69) is 11.8 Å². The van der Waals surface area contributed by atoms with E-state index in [9.17, 15) is 4.79 Å². The second-order valence-corrected chi connectivity index (χ2v) is 4.99. The molecule has 4 nitrogen and oxygen atoms in total. The van der Waals surface area contributed by atoms with Gasteiger partial charge < -0.3 is 15.4 Å². The fourth-order valence-electron chi connectivity index (χ4n) is 2.28. The highest BCUT2D eigenvalue weighted by atomic mass is 16.5. The van der Waals surface area contributed by atoms with Crippen molar-refractivity contribution in [3.8, 4) is 11.8 Å². The van der Waals surface area contributed by atoms with Gasteiger partial charge in [0, 0.05) is 24.8 Å². The van der Waals surface area contributed by atoms with Gasteiger partial charge in [-0.2, -0.15) is 0 Å². The van der Waals surface area contributed by atoms with E-state index in [-0.39, 0.29) is 11.9 Å². The van der Waals surface area contributed by atoms with Gasteiger partial charge in [-0.25, -0.2) is 0 Å². The van der Waals surface area contributed by atoms with Gasteiger partial charge in [0.25, 0.3) is 5.91 Å². The first-order valence-corrected chi connectivity index (χ1v) is 7.14. The molecule has 1 rings (SSSR count). The molecule has 0 aliphatic rings. The van der Waals surface area contributed by atoms with Crippen LogP contribution in [0.3, 0.4) is 0 Å². The van der Waals surface area contributed by atoms with Crippen LogP contribution < -0.4 is 5.73 Å². The fourth-order valence-corrected chi connectivity index (χ4v) is 2.28. The van der Waals surface area contributed by atoms with E-state index < -0.39 is 0 Å². The number of hydrogen-bond donors (Lipinski definition) is 1. The number of rotatable bonds is 5. The van der Waals surface area contributed by atoms with Crippen molar-refractivity contribution < 1.29 is 9.53 Å². The van der Waals surface area contributed by atoms with Gasteiger partial charge in [-0.05, 0) is 44.5 Å². The molecule has 0 bridgehead atoms.